The van der Waals surface area contributed by atoms with Gasteiger partial charge in [0.15, 0.2) is 11.5 Å². The molecule has 0 spiro atoms. The fourth-order valence-corrected chi connectivity index (χ4v) is 3.22. The van der Waals surface area contributed by atoms with Crippen LogP contribution in [0.4, 0.5) is 19.3 Å². The van der Waals surface area contributed by atoms with Crippen LogP contribution >= 0.6 is 0 Å². The number of ether oxygens (including phenoxy) is 2. The van der Waals surface area contributed by atoms with Gasteiger partial charge in [-0.1, -0.05) is 12.1 Å². The lowest BCUT2D eigenvalue weighted by atomic mass is 10.1. The zero-order chi connectivity index (χ0) is 21.5. The molecule has 3 amide bonds. The van der Waals surface area contributed by atoms with Gasteiger partial charge in [0.25, 0.3) is 5.91 Å². The zero-order valence-corrected chi connectivity index (χ0v) is 16.5. The smallest absolute Gasteiger partial charge is 0.387 e. The Balaban J connectivity index is 1.58. The Morgan fingerprint density at radius 3 is 2.57 bits per heavy atom. The maximum Gasteiger partial charge on any atom is 0.387 e. The fourth-order valence-electron chi connectivity index (χ4n) is 3.22. The van der Waals surface area contributed by atoms with Crippen LogP contribution in [0.15, 0.2) is 42.5 Å². The van der Waals surface area contributed by atoms with E-state index in [0.29, 0.717) is 5.56 Å². The number of urea groups is 1. The van der Waals surface area contributed by atoms with E-state index in [2.05, 4.69) is 15.4 Å². The number of benzene rings is 2. The maximum absolute atomic E-state index is 12.5. The van der Waals surface area contributed by atoms with E-state index in [1.54, 1.807) is 18.2 Å². The molecule has 2 aromatic carbocycles. The minimum Gasteiger partial charge on any atom is -0.493 e. The van der Waals surface area contributed by atoms with Crippen LogP contribution in [-0.4, -0.2) is 43.6 Å². The molecule has 9 heteroatoms. The molecule has 1 aliphatic rings. The Morgan fingerprint density at radius 2 is 1.87 bits per heavy atom. The number of nitrogens with one attached hydrogen (secondary N) is 2. The van der Waals surface area contributed by atoms with Crippen LogP contribution in [0.25, 0.3) is 0 Å². The molecule has 7 nitrogen and oxygen atoms in total. The van der Waals surface area contributed by atoms with Crippen molar-refractivity contribution < 1.29 is 27.8 Å². The van der Waals surface area contributed by atoms with Crippen LogP contribution in [0.2, 0.25) is 0 Å². The van der Waals surface area contributed by atoms with Crippen LogP contribution in [0.5, 0.6) is 11.5 Å². The maximum atomic E-state index is 12.5. The van der Waals surface area contributed by atoms with Gasteiger partial charge in [0.1, 0.15) is 0 Å². The molecule has 0 radical (unpaired) electrons. The summed E-state index contributed by atoms with van der Waals surface area (Å²) < 4.78 is 34.4. The van der Waals surface area contributed by atoms with Crippen LogP contribution in [0, 0.1) is 0 Å². The Hall–Kier alpha value is -3.36. The molecule has 1 heterocycles. The normalized spacial score (nSPS) is 13.3. The summed E-state index contributed by atoms with van der Waals surface area (Å²) in [6.07, 6.45) is 2.03. The molecule has 2 aromatic rings. The number of hydrogen-bond donors (Lipinski definition) is 2. The summed E-state index contributed by atoms with van der Waals surface area (Å²) in [5, 5.41) is 5.23. The number of likely N-dealkylation sites (tertiary alicyclic amines) is 1. The van der Waals surface area contributed by atoms with Crippen molar-refractivity contribution in [3.8, 4) is 11.5 Å². The average molecular weight is 419 g/mol. The van der Waals surface area contributed by atoms with Gasteiger partial charge in [-0.25, -0.2) is 4.79 Å². The molecule has 0 atom stereocenters. The first-order valence-electron chi connectivity index (χ1n) is 9.52. The highest BCUT2D eigenvalue weighted by atomic mass is 19.3. The third-order valence-corrected chi connectivity index (χ3v) is 4.66. The second-order valence-corrected chi connectivity index (χ2v) is 6.75. The van der Waals surface area contributed by atoms with E-state index < -0.39 is 12.6 Å². The average Bonchev–Trinajstić information content (AvgIpc) is 3.27. The van der Waals surface area contributed by atoms with Crippen LogP contribution < -0.4 is 20.1 Å². The van der Waals surface area contributed by atoms with Gasteiger partial charge in [0.2, 0.25) is 0 Å². The first kappa shape index (κ1) is 21.4. The van der Waals surface area contributed by atoms with Gasteiger partial charge >= 0.3 is 12.6 Å². The van der Waals surface area contributed by atoms with Crippen molar-refractivity contribution in [3.05, 3.63) is 53.6 Å². The van der Waals surface area contributed by atoms with E-state index in [1.165, 1.54) is 25.3 Å². The zero-order valence-electron chi connectivity index (χ0n) is 16.5. The molecule has 2 N–H and O–H groups in total. The highest BCUT2D eigenvalue weighted by molar-refractivity contribution is 5.94. The molecule has 0 aliphatic carbocycles. The topological polar surface area (TPSA) is 79.9 Å². The second kappa shape index (κ2) is 9.91. The number of rotatable bonds is 7. The highest BCUT2D eigenvalue weighted by Crippen LogP contribution is 2.31. The molecule has 0 aromatic heterocycles. The van der Waals surface area contributed by atoms with Crippen molar-refractivity contribution >= 4 is 17.6 Å². The van der Waals surface area contributed by atoms with Gasteiger partial charge in [0.05, 0.1) is 7.11 Å². The standard InChI is InChI=1S/C21H23F2N3O4/c1-29-17-8-7-16(12-18(17)30-20(22)23)25-21(28)24-13-14-5-4-6-15(11-14)19(27)26-9-2-3-10-26/h4-8,11-12,20H,2-3,9-10,13H2,1H3,(H2,24,25,28). The van der Waals surface area contributed by atoms with Gasteiger partial charge in [-0.2, -0.15) is 8.78 Å². The number of methoxy groups -OCH3 is 1. The minimum atomic E-state index is -3.02. The van der Waals surface area contributed by atoms with Gasteiger partial charge in [0, 0.05) is 37.0 Å². The van der Waals surface area contributed by atoms with E-state index in [4.69, 9.17) is 4.74 Å². The summed E-state index contributed by atoms with van der Waals surface area (Å²) in [7, 11) is 1.33. The van der Waals surface area contributed by atoms with E-state index in [0.717, 1.165) is 31.5 Å². The summed E-state index contributed by atoms with van der Waals surface area (Å²) in [5.41, 5.74) is 1.62. The van der Waals surface area contributed by atoms with E-state index in [1.807, 2.05) is 11.0 Å². The molecule has 1 saturated heterocycles. The quantitative estimate of drug-likeness (QED) is 0.714. The molecule has 0 saturated carbocycles. The van der Waals surface area contributed by atoms with Crippen molar-refractivity contribution in [3.63, 3.8) is 0 Å². The van der Waals surface area contributed by atoms with Crippen molar-refractivity contribution in [1.29, 1.82) is 0 Å². The molecule has 160 valence electrons. The third-order valence-electron chi connectivity index (χ3n) is 4.66. The molecule has 3 rings (SSSR count). The molecular weight excluding hydrogens is 396 g/mol. The summed E-state index contributed by atoms with van der Waals surface area (Å²) >= 11 is 0. The number of halogens is 2. The lowest BCUT2D eigenvalue weighted by Crippen LogP contribution is -2.29. The van der Waals surface area contributed by atoms with E-state index in [9.17, 15) is 18.4 Å². The van der Waals surface area contributed by atoms with E-state index in [-0.39, 0.29) is 29.6 Å². The predicted molar refractivity (Wildman–Crippen MR) is 107 cm³/mol. The Morgan fingerprint density at radius 1 is 1.10 bits per heavy atom. The SMILES string of the molecule is COc1ccc(NC(=O)NCc2cccc(C(=O)N3CCCC3)c2)cc1OC(F)F. The van der Waals surface area contributed by atoms with Crippen molar-refractivity contribution in [2.45, 2.75) is 26.0 Å². The van der Waals surface area contributed by atoms with Crippen LogP contribution in [0.1, 0.15) is 28.8 Å². The molecular formula is C21H23F2N3O4. The number of carbonyl (C=O) groups excluding carboxylic acids is 2. The Bertz CT molecular complexity index is 902. The van der Waals surface area contributed by atoms with Gasteiger partial charge in [-0.3, -0.25) is 4.79 Å². The number of anilines is 1. The molecule has 1 fully saturated rings. The molecule has 30 heavy (non-hydrogen) atoms. The molecule has 0 bridgehead atoms. The number of carbonyl (C=O) groups is 2. The summed E-state index contributed by atoms with van der Waals surface area (Å²) in [6.45, 7) is -1.28. The number of amides is 3. The summed E-state index contributed by atoms with van der Waals surface area (Å²) in [4.78, 5) is 26.5. The second-order valence-electron chi connectivity index (χ2n) is 6.75. The highest BCUT2D eigenvalue weighted by Gasteiger charge is 2.19. The van der Waals surface area contributed by atoms with Gasteiger partial charge in [-0.05, 0) is 42.7 Å². The Kier molecular flexibility index (Phi) is 7.05. The van der Waals surface area contributed by atoms with Crippen molar-refractivity contribution in [2.24, 2.45) is 0 Å². The minimum absolute atomic E-state index is 0.0106. The van der Waals surface area contributed by atoms with Crippen molar-refractivity contribution in [2.75, 3.05) is 25.5 Å². The fraction of sp³-hybridized carbons (Fsp3) is 0.333. The lowest BCUT2D eigenvalue weighted by molar-refractivity contribution is -0.0511. The monoisotopic (exact) mass is 419 g/mol. The van der Waals surface area contributed by atoms with Gasteiger partial charge in [-0.15, -0.1) is 0 Å². The van der Waals surface area contributed by atoms with Crippen LogP contribution in [-0.2, 0) is 6.54 Å². The molecule has 1 aliphatic heterocycles. The van der Waals surface area contributed by atoms with Gasteiger partial charge < -0.3 is 25.0 Å². The number of alkyl halides is 2. The number of nitrogens with zero attached hydrogens (tertiary/aromatic N) is 1. The Labute approximate surface area is 173 Å². The van der Waals surface area contributed by atoms with E-state index >= 15 is 0 Å². The summed E-state index contributed by atoms with van der Waals surface area (Å²) in [5.74, 6) is -0.0669. The first-order chi connectivity index (χ1) is 14.5. The lowest BCUT2D eigenvalue weighted by Gasteiger charge is -2.16. The largest absolute Gasteiger partial charge is 0.493 e. The summed E-state index contributed by atoms with van der Waals surface area (Å²) in [6, 6.07) is 10.7. The molecule has 0 unspecified atom stereocenters. The number of hydrogen-bond acceptors (Lipinski definition) is 4. The van der Waals surface area contributed by atoms with Crippen LogP contribution in [0.3, 0.4) is 0 Å². The van der Waals surface area contributed by atoms with Crippen molar-refractivity contribution in [1.82, 2.24) is 10.2 Å². The third kappa shape index (κ3) is 5.59. The predicted octanol–water partition coefficient (Wildman–Crippen LogP) is 3.85. The first-order valence-corrected chi connectivity index (χ1v) is 9.52.